The molecule has 4 saturated carbocycles. The predicted molar refractivity (Wildman–Crippen MR) is 139 cm³/mol. The van der Waals surface area contributed by atoms with Crippen LogP contribution >= 0.6 is 0 Å². The summed E-state index contributed by atoms with van der Waals surface area (Å²) in [5, 5.41) is 5.59. The Bertz CT molecular complexity index is 1210. The van der Waals surface area contributed by atoms with Gasteiger partial charge in [0.2, 0.25) is 0 Å². The molecule has 246 valence electrons. The smallest absolute Gasteiger partial charge is 0.432 e. The van der Waals surface area contributed by atoms with Gasteiger partial charge in [0.05, 0.1) is 6.10 Å². The van der Waals surface area contributed by atoms with E-state index >= 15 is 0 Å². The maximum absolute atomic E-state index is 13.9. The highest BCUT2D eigenvalue weighted by Crippen LogP contribution is 2.67. The van der Waals surface area contributed by atoms with Gasteiger partial charge in [-0.15, -0.1) is 0 Å². The number of Topliss-reactive ketones (excluding diaryl/α,β-unsaturated/α-hetero) is 1. The molecule has 0 aliphatic heterocycles. The van der Waals surface area contributed by atoms with Crippen LogP contribution in [-0.4, -0.2) is 66.0 Å². The minimum absolute atomic E-state index is 0.0148. The highest BCUT2D eigenvalue weighted by Gasteiger charge is 2.67. The Labute approximate surface area is 247 Å². The largest absolute Gasteiger partial charge is 0.465 e. The van der Waals surface area contributed by atoms with Crippen LogP contribution in [0, 0.1) is 46.3 Å². The molecule has 0 aromatic carbocycles. The first-order chi connectivity index (χ1) is 19.7. The zero-order chi connectivity index (χ0) is 32.3. The molecule has 4 rings (SSSR count). The quantitative estimate of drug-likeness (QED) is 0.158. The van der Waals surface area contributed by atoms with Crippen LogP contribution < -0.4 is 0 Å². The first-order valence-corrected chi connectivity index (χ1v) is 16.0. The number of carbonyl (C=O) groups is 3. The molecule has 0 heterocycles. The van der Waals surface area contributed by atoms with Crippen LogP contribution in [-0.2, 0) is 34.0 Å². The molecule has 11 atom stereocenters. The second-order valence-electron chi connectivity index (χ2n) is 13.5. The Morgan fingerprint density at radius 3 is 2.35 bits per heavy atom. The van der Waals surface area contributed by atoms with Crippen molar-refractivity contribution in [1.82, 2.24) is 0 Å². The summed E-state index contributed by atoms with van der Waals surface area (Å²) >= 11 is 0. The highest BCUT2D eigenvalue weighted by molar-refractivity contribution is 7.86. The van der Waals surface area contributed by atoms with Gasteiger partial charge >= 0.3 is 27.5 Å². The van der Waals surface area contributed by atoms with Crippen LogP contribution in [0.2, 0.25) is 0 Å². The molecule has 4 aliphatic carbocycles. The van der Waals surface area contributed by atoms with Crippen LogP contribution in [0.3, 0.4) is 0 Å². The van der Waals surface area contributed by atoms with E-state index in [2.05, 4.69) is 11.7 Å². The number of hydrogen-bond donors (Lipinski definition) is 2. The van der Waals surface area contributed by atoms with Gasteiger partial charge < -0.3 is 14.6 Å². The van der Waals surface area contributed by atoms with Gasteiger partial charge in [0, 0.05) is 18.3 Å². The van der Waals surface area contributed by atoms with Crippen molar-refractivity contribution in [1.29, 1.82) is 0 Å². The average Bonchev–Trinajstić information content (AvgIpc) is 3.24. The van der Waals surface area contributed by atoms with Gasteiger partial charge in [-0.2, -0.15) is 30.4 Å². The number of hydrogen-bond acceptors (Lipinski definition) is 8. The van der Waals surface area contributed by atoms with E-state index in [1.807, 2.05) is 6.92 Å². The van der Waals surface area contributed by atoms with Gasteiger partial charge in [-0.3, -0.25) is 18.9 Å². The summed E-state index contributed by atoms with van der Waals surface area (Å²) in [5.74, 6) is -2.75. The summed E-state index contributed by atoms with van der Waals surface area (Å²) in [6.45, 7) is 6.13. The molecule has 4 aliphatic rings. The van der Waals surface area contributed by atoms with Gasteiger partial charge in [0.25, 0.3) is 12.6 Å². The third-order valence-electron chi connectivity index (χ3n) is 11.5. The van der Waals surface area contributed by atoms with Crippen LogP contribution in [0.15, 0.2) is 0 Å². The normalized spacial score (nSPS) is 39.6. The Hall–Kier alpha value is -1.87. The molecule has 0 aromatic heterocycles. The average molecular weight is 647 g/mol. The van der Waals surface area contributed by atoms with Crippen molar-refractivity contribution in [3.8, 4) is 0 Å². The van der Waals surface area contributed by atoms with Crippen molar-refractivity contribution in [2.24, 2.45) is 46.3 Å². The van der Waals surface area contributed by atoms with Crippen LogP contribution in [0.4, 0.5) is 22.0 Å². The molecule has 0 aromatic rings. The van der Waals surface area contributed by atoms with E-state index in [1.54, 1.807) is 6.92 Å². The van der Waals surface area contributed by atoms with Crippen molar-refractivity contribution in [3.63, 3.8) is 0 Å². The molecular weight excluding hydrogens is 607 g/mol. The fourth-order valence-electron chi connectivity index (χ4n) is 9.24. The van der Waals surface area contributed by atoms with E-state index in [4.69, 9.17) is 9.29 Å². The predicted octanol–water partition coefficient (Wildman–Crippen LogP) is 4.71. The molecule has 0 bridgehead atoms. The Morgan fingerprint density at radius 2 is 1.77 bits per heavy atom. The number of esters is 1. The minimum atomic E-state index is -6.54. The van der Waals surface area contributed by atoms with E-state index in [0.29, 0.717) is 38.6 Å². The van der Waals surface area contributed by atoms with Crippen LogP contribution in [0.5, 0.6) is 0 Å². The summed E-state index contributed by atoms with van der Waals surface area (Å²) < 4.78 is 107. The van der Waals surface area contributed by atoms with Gasteiger partial charge in [-0.05, 0) is 85.9 Å². The molecule has 0 radical (unpaired) electrons. The summed E-state index contributed by atoms with van der Waals surface area (Å²) in [6.07, 6.45) is -8.17. The summed E-state index contributed by atoms with van der Waals surface area (Å²) in [6, 6.07) is 0. The van der Waals surface area contributed by atoms with Gasteiger partial charge in [0.1, 0.15) is 11.9 Å². The van der Waals surface area contributed by atoms with Crippen molar-refractivity contribution in [3.05, 3.63) is 0 Å². The Balaban J connectivity index is 1.46. The highest BCUT2D eigenvalue weighted by atomic mass is 32.2. The summed E-state index contributed by atoms with van der Waals surface area (Å²) in [4.78, 5) is 37.0. The molecule has 0 spiro atoms. The van der Waals surface area contributed by atoms with Crippen LogP contribution in [0.1, 0.15) is 78.6 Å². The lowest BCUT2D eigenvalue weighted by molar-refractivity contribution is -0.259. The number of aliphatic hydroxyl groups excluding tert-OH is 1. The van der Waals surface area contributed by atoms with E-state index < -0.39 is 57.5 Å². The van der Waals surface area contributed by atoms with E-state index in [1.165, 1.54) is 0 Å². The molecular formula is C28H39F5O9S. The maximum atomic E-state index is 13.9. The third-order valence-corrected chi connectivity index (χ3v) is 12.4. The lowest BCUT2D eigenvalue weighted by Gasteiger charge is -2.61. The summed E-state index contributed by atoms with van der Waals surface area (Å²) in [5.41, 5.74) is -1.10. The first-order valence-electron chi connectivity index (χ1n) is 14.6. The standard InChI is InChI=1S/C28H39F5O9S/c1-14(4-7-22(37)42-24(27(29,30)31)28(32,33)43(38,39)40)17-5-6-18-23-19(12-21(36)26(17,18)3)25(2)9-8-16(41-13-34)10-15(25)11-20(23)35/h13-20,23-24,35H,4-12H2,1-3H3,(H,38,39,40)/t14-,15?,16-,17-,18+,19+,20+,23+,24?,25+,26-/m1/s1. The maximum Gasteiger partial charge on any atom is 0.432 e. The van der Waals surface area contributed by atoms with E-state index in [9.17, 15) is 49.9 Å². The zero-order valence-electron chi connectivity index (χ0n) is 24.2. The minimum Gasteiger partial charge on any atom is -0.465 e. The Morgan fingerprint density at radius 1 is 1.12 bits per heavy atom. The van der Waals surface area contributed by atoms with Gasteiger partial charge in [0.15, 0.2) is 0 Å². The van der Waals surface area contributed by atoms with Crippen molar-refractivity contribution >= 4 is 28.3 Å². The fourth-order valence-corrected chi connectivity index (χ4v) is 9.70. The molecule has 9 nitrogen and oxygen atoms in total. The molecule has 0 amide bonds. The zero-order valence-corrected chi connectivity index (χ0v) is 25.0. The fraction of sp³-hybridized carbons (Fsp3) is 0.893. The molecule has 15 heteroatoms. The lowest BCUT2D eigenvalue weighted by atomic mass is 9.43. The second kappa shape index (κ2) is 11.5. The molecule has 4 fully saturated rings. The third kappa shape index (κ3) is 5.82. The van der Waals surface area contributed by atoms with Gasteiger partial charge in [-0.25, -0.2) is 0 Å². The number of aliphatic hydroxyl groups is 1. The number of carbonyl (C=O) groups excluding carboxylic acids is 3. The molecule has 0 saturated heterocycles. The van der Waals surface area contributed by atoms with E-state index in [0.717, 1.165) is 6.42 Å². The van der Waals surface area contributed by atoms with Crippen molar-refractivity contribution in [2.75, 3.05) is 0 Å². The number of ether oxygens (including phenoxy) is 2. The number of halogens is 5. The van der Waals surface area contributed by atoms with Crippen molar-refractivity contribution in [2.45, 2.75) is 108 Å². The number of fused-ring (bicyclic) bond motifs is 5. The SMILES string of the molecule is C[C@H](CCC(=O)OC(C(F)(F)F)C(F)(F)S(=O)(=O)O)[C@H]1CC[C@H]2[C@@H]3[C@@H](O)CC4C[C@H](OC=O)CC[C@]4(C)[C@H]3CC(=O)[C@]12C. The van der Waals surface area contributed by atoms with E-state index in [-0.39, 0.29) is 59.7 Å². The molecule has 43 heavy (non-hydrogen) atoms. The molecule has 2 N–H and O–H groups in total. The number of ketones is 1. The number of rotatable bonds is 9. The monoisotopic (exact) mass is 646 g/mol. The first kappa shape index (κ1) is 34.0. The van der Waals surface area contributed by atoms with Gasteiger partial charge in [-0.1, -0.05) is 20.8 Å². The lowest BCUT2D eigenvalue weighted by Crippen LogP contribution is -2.61. The summed E-state index contributed by atoms with van der Waals surface area (Å²) in [7, 11) is -6.54. The Kier molecular flexibility index (Phi) is 9.09. The van der Waals surface area contributed by atoms with Crippen molar-refractivity contribution < 1.29 is 63.9 Å². The van der Waals surface area contributed by atoms with Crippen LogP contribution in [0.25, 0.3) is 0 Å². The number of alkyl halides is 5. The molecule has 2 unspecified atom stereocenters. The second-order valence-corrected chi connectivity index (χ2v) is 15.0. The topological polar surface area (TPSA) is 144 Å².